The first kappa shape index (κ1) is 14.9. The highest BCUT2D eigenvalue weighted by atomic mass is 16.1. The first-order valence-electron chi connectivity index (χ1n) is 7.50. The number of piperidine rings is 1. The maximum Gasteiger partial charge on any atom is 0.224 e. The van der Waals surface area contributed by atoms with E-state index in [-0.39, 0.29) is 11.8 Å². The minimum Gasteiger partial charge on any atom is -0.371 e. The first-order valence-corrected chi connectivity index (χ1v) is 7.50. The molecule has 1 unspecified atom stereocenters. The molecule has 4 heteroatoms. The lowest BCUT2D eigenvalue weighted by Gasteiger charge is -2.33. The second-order valence-corrected chi connectivity index (χ2v) is 5.35. The van der Waals surface area contributed by atoms with Crippen molar-refractivity contribution < 1.29 is 4.79 Å². The Balaban J connectivity index is 1.98. The third kappa shape index (κ3) is 3.73. The maximum atomic E-state index is 11.8. The standard InChI is InChI=1S/C16H25N3O/c1-3-18-11-13-6-8-15(9-7-13)19-10-4-5-14(12-19)16(20)17-2/h6-9,14,18H,3-5,10-12H2,1-2H3,(H,17,20). The van der Waals surface area contributed by atoms with Crippen LogP contribution < -0.4 is 15.5 Å². The molecular weight excluding hydrogens is 250 g/mol. The smallest absolute Gasteiger partial charge is 0.224 e. The molecule has 0 saturated carbocycles. The Morgan fingerprint density at radius 3 is 2.75 bits per heavy atom. The molecule has 0 aliphatic carbocycles. The summed E-state index contributed by atoms with van der Waals surface area (Å²) >= 11 is 0. The number of benzene rings is 1. The van der Waals surface area contributed by atoms with E-state index < -0.39 is 0 Å². The van der Waals surface area contributed by atoms with E-state index in [0.29, 0.717) is 0 Å². The van der Waals surface area contributed by atoms with E-state index in [0.717, 1.165) is 39.0 Å². The van der Waals surface area contributed by atoms with Crippen molar-refractivity contribution in [3.05, 3.63) is 29.8 Å². The van der Waals surface area contributed by atoms with E-state index in [1.165, 1.54) is 11.3 Å². The molecule has 0 radical (unpaired) electrons. The minimum atomic E-state index is 0.121. The molecule has 2 N–H and O–H groups in total. The number of anilines is 1. The van der Waals surface area contributed by atoms with Crippen LogP contribution in [0.4, 0.5) is 5.69 Å². The summed E-state index contributed by atoms with van der Waals surface area (Å²) in [7, 11) is 1.72. The third-order valence-electron chi connectivity index (χ3n) is 3.92. The van der Waals surface area contributed by atoms with Crippen molar-refractivity contribution in [2.45, 2.75) is 26.3 Å². The molecular formula is C16H25N3O. The Morgan fingerprint density at radius 1 is 1.35 bits per heavy atom. The summed E-state index contributed by atoms with van der Waals surface area (Å²) in [5, 5.41) is 6.09. The Kier molecular flexibility index (Phi) is 5.41. The number of nitrogens with one attached hydrogen (secondary N) is 2. The van der Waals surface area contributed by atoms with E-state index in [9.17, 15) is 4.79 Å². The van der Waals surface area contributed by atoms with Crippen LogP contribution in [0, 0.1) is 5.92 Å². The zero-order valence-corrected chi connectivity index (χ0v) is 12.5. The van der Waals surface area contributed by atoms with Crippen molar-refractivity contribution in [2.24, 2.45) is 5.92 Å². The van der Waals surface area contributed by atoms with Crippen molar-refractivity contribution in [1.29, 1.82) is 0 Å². The second kappa shape index (κ2) is 7.29. The number of nitrogens with zero attached hydrogens (tertiary/aromatic N) is 1. The first-order chi connectivity index (χ1) is 9.74. The van der Waals surface area contributed by atoms with Crippen molar-refractivity contribution in [3.8, 4) is 0 Å². The summed E-state index contributed by atoms with van der Waals surface area (Å²) in [6, 6.07) is 8.67. The number of carbonyl (C=O) groups excluding carboxylic acids is 1. The molecule has 1 aromatic rings. The lowest BCUT2D eigenvalue weighted by atomic mass is 9.96. The SMILES string of the molecule is CCNCc1ccc(N2CCCC(C(=O)NC)C2)cc1. The van der Waals surface area contributed by atoms with Crippen molar-refractivity contribution >= 4 is 11.6 Å². The molecule has 20 heavy (non-hydrogen) atoms. The summed E-state index contributed by atoms with van der Waals surface area (Å²) in [6.45, 7) is 5.88. The Labute approximate surface area is 121 Å². The number of rotatable bonds is 5. The maximum absolute atomic E-state index is 11.8. The molecule has 2 rings (SSSR count). The molecule has 1 aliphatic heterocycles. The molecule has 1 aromatic carbocycles. The van der Waals surface area contributed by atoms with Gasteiger partial charge in [-0.15, -0.1) is 0 Å². The molecule has 110 valence electrons. The lowest BCUT2D eigenvalue weighted by Crippen LogP contribution is -2.42. The molecule has 1 heterocycles. The van der Waals surface area contributed by atoms with E-state index in [2.05, 4.69) is 46.7 Å². The fourth-order valence-electron chi connectivity index (χ4n) is 2.72. The predicted molar refractivity (Wildman–Crippen MR) is 82.8 cm³/mol. The van der Waals surface area contributed by atoms with Crippen LogP contribution in [0.1, 0.15) is 25.3 Å². The van der Waals surface area contributed by atoms with Crippen LogP contribution >= 0.6 is 0 Å². The van der Waals surface area contributed by atoms with E-state index >= 15 is 0 Å². The Morgan fingerprint density at radius 2 is 2.10 bits per heavy atom. The summed E-state index contributed by atoms with van der Waals surface area (Å²) < 4.78 is 0. The lowest BCUT2D eigenvalue weighted by molar-refractivity contribution is -0.124. The van der Waals surface area contributed by atoms with Gasteiger partial charge in [0.1, 0.15) is 0 Å². The van der Waals surface area contributed by atoms with E-state index in [1.54, 1.807) is 7.05 Å². The predicted octanol–water partition coefficient (Wildman–Crippen LogP) is 1.76. The van der Waals surface area contributed by atoms with Gasteiger partial charge in [-0.2, -0.15) is 0 Å². The summed E-state index contributed by atoms with van der Waals surface area (Å²) in [5.41, 5.74) is 2.52. The summed E-state index contributed by atoms with van der Waals surface area (Å²) in [5.74, 6) is 0.286. The van der Waals surface area contributed by atoms with Gasteiger partial charge in [0.25, 0.3) is 0 Å². The third-order valence-corrected chi connectivity index (χ3v) is 3.92. The number of hydrogen-bond donors (Lipinski definition) is 2. The van der Waals surface area contributed by atoms with E-state index in [1.807, 2.05) is 0 Å². The largest absolute Gasteiger partial charge is 0.371 e. The fourth-order valence-corrected chi connectivity index (χ4v) is 2.72. The van der Waals surface area contributed by atoms with Gasteiger partial charge in [0.15, 0.2) is 0 Å². The zero-order chi connectivity index (χ0) is 14.4. The quantitative estimate of drug-likeness (QED) is 0.860. The number of amides is 1. The van der Waals surface area contributed by atoms with Crippen LogP contribution in [-0.2, 0) is 11.3 Å². The van der Waals surface area contributed by atoms with Gasteiger partial charge >= 0.3 is 0 Å². The fraction of sp³-hybridized carbons (Fsp3) is 0.562. The molecule has 1 saturated heterocycles. The van der Waals surface area contributed by atoms with Crippen molar-refractivity contribution in [3.63, 3.8) is 0 Å². The highest BCUT2D eigenvalue weighted by Gasteiger charge is 2.25. The van der Waals surface area contributed by atoms with Gasteiger partial charge in [0.05, 0.1) is 5.92 Å². The van der Waals surface area contributed by atoms with Gasteiger partial charge in [-0.25, -0.2) is 0 Å². The Hall–Kier alpha value is -1.55. The van der Waals surface area contributed by atoms with Gasteiger partial charge in [0.2, 0.25) is 5.91 Å². The van der Waals surface area contributed by atoms with Gasteiger partial charge in [-0.05, 0) is 37.1 Å². The number of hydrogen-bond acceptors (Lipinski definition) is 3. The Bertz CT molecular complexity index is 430. The summed E-state index contributed by atoms with van der Waals surface area (Å²) in [6.07, 6.45) is 2.08. The van der Waals surface area contributed by atoms with Crippen LogP contribution in [-0.4, -0.2) is 32.6 Å². The van der Waals surface area contributed by atoms with Crippen LogP contribution in [0.15, 0.2) is 24.3 Å². The van der Waals surface area contributed by atoms with Crippen LogP contribution in [0.3, 0.4) is 0 Å². The van der Waals surface area contributed by atoms with Crippen LogP contribution in [0.2, 0.25) is 0 Å². The zero-order valence-electron chi connectivity index (χ0n) is 12.5. The molecule has 1 aliphatic rings. The molecule has 4 nitrogen and oxygen atoms in total. The van der Waals surface area contributed by atoms with Gasteiger partial charge in [-0.3, -0.25) is 4.79 Å². The van der Waals surface area contributed by atoms with Gasteiger partial charge < -0.3 is 15.5 Å². The van der Waals surface area contributed by atoms with Gasteiger partial charge in [-0.1, -0.05) is 19.1 Å². The minimum absolute atomic E-state index is 0.121. The van der Waals surface area contributed by atoms with Crippen LogP contribution in [0.5, 0.6) is 0 Å². The topological polar surface area (TPSA) is 44.4 Å². The molecule has 0 spiro atoms. The molecule has 1 amide bonds. The molecule has 1 fully saturated rings. The monoisotopic (exact) mass is 275 g/mol. The highest BCUT2D eigenvalue weighted by Crippen LogP contribution is 2.23. The summed E-state index contributed by atoms with van der Waals surface area (Å²) in [4.78, 5) is 14.1. The highest BCUT2D eigenvalue weighted by molar-refractivity contribution is 5.79. The van der Waals surface area contributed by atoms with Gasteiger partial charge in [0, 0.05) is 32.4 Å². The molecule has 0 aromatic heterocycles. The average molecular weight is 275 g/mol. The van der Waals surface area contributed by atoms with Crippen LogP contribution in [0.25, 0.3) is 0 Å². The van der Waals surface area contributed by atoms with E-state index in [4.69, 9.17) is 0 Å². The van der Waals surface area contributed by atoms with Crippen molar-refractivity contribution in [2.75, 3.05) is 31.6 Å². The molecule has 0 bridgehead atoms. The average Bonchev–Trinajstić information content (AvgIpc) is 2.52. The second-order valence-electron chi connectivity index (χ2n) is 5.35. The number of carbonyl (C=O) groups is 1. The normalized spacial score (nSPS) is 18.9. The molecule has 1 atom stereocenters. The van der Waals surface area contributed by atoms with Crippen molar-refractivity contribution in [1.82, 2.24) is 10.6 Å².